The summed E-state index contributed by atoms with van der Waals surface area (Å²) in [5.41, 5.74) is -4.33. The van der Waals surface area contributed by atoms with Gasteiger partial charge in [0.2, 0.25) is 0 Å². The number of aromatic nitrogens is 4. The summed E-state index contributed by atoms with van der Waals surface area (Å²) in [6, 6.07) is 5.35. The van der Waals surface area contributed by atoms with Gasteiger partial charge in [-0.1, -0.05) is 17.7 Å². The van der Waals surface area contributed by atoms with Gasteiger partial charge in [0.15, 0.2) is 11.4 Å². The largest absolute Gasteiger partial charge is 0.450 e. The van der Waals surface area contributed by atoms with Crippen LogP contribution in [-0.4, -0.2) is 81.3 Å². The minimum absolute atomic E-state index is 0.00714. The van der Waals surface area contributed by atoms with E-state index in [1.807, 2.05) is 6.07 Å². The van der Waals surface area contributed by atoms with E-state index in [4.69, 9.17) is 16.3 Å². The number of imide groups is 1. The number of aryl methyl sites for hydroxylation is 1. The molecule has 2 amide bonds. The molecule has 0 aliphatic heterocycles. The van der Waals surface area contributed by atoms with Gasteiger partial charge in [-0.25, -0.2) is 13.8 Å². The van der Waals surface area contributed by atoms with Crippen molar-refractivity contribution >= 4 is 33.5 Å². The predicted molar refractivity (Wildman–Crippen MR) is 142 cm³/mol. The number of carbonyl (C=O) groups excluding carboxylic acids is 2. The Bertz CT molecular complexity index is 1950. The molecule has 12 nitrogen and oxygen atoms in total. The molecule has 1 fully saturated rings. The Morgan fingerprint density at radius 3 is 2.14 bits per heavy atom. The first-order valence-corrected chi connectivity index (χ1v) is 14.7. The molecule has 1 aliphatic rings. The number of benzene rings is 1. The Morgan fingerprint density at radius 1 is 1.06 bits per heavy atom. The molecule has 3 aromatic rings. The van der Waals surface area contributed by atoms with Crippen molar-refractivity contribution in [3.8, 4) is 28.9 Å². The summed E-state index contributed by atoms with van der Waals surface area (Å²) in [6.45, 7) is -0.586. The third kappa shape index (κ3) is 6.39. The average Bonchev–Trinajstić information content (AvgIpc) is 3.45. The highest BCUT2D eigenvalue weighted by Crippen LogP contribution is 2.51. The number of rotatable bonds is 9. The summed E-state index contributed by atoms with van der Waals surface area (Å²) in [4.78, 5) is 26.8. The smallest absolute Gasteiger partial charge is 0.375 e. The first-order valence-electron chi connectivity index (χ1n) is 12.9. The molecule has 2 aromatic heterocycles. The van der Waals surface area contributed by atoms with Crippen LogP contribution in [0.3, 0.4) is 0 Å². The summed E-state index contributed by atoms with van der Waals surface area (Å²) in [6.07, 6.45) is -18.4. The molecule has 0 unspecified atom stereocenters. The van der Waals surface area contributed by atoms with Crippen molar-refractivity contribution in [3.63, 3.8) is 0 Å². The maximum atomic E-state index is 14.3. The van der Waals surface area contributed by atoms with E-state index >= 15 is 0 Å². The van der Waals surface area contributed by atoms with E-state index in [1.54, 1.807) is 0 Å². The molecule has 1 aromatic carbocycles. The van der Waals surface area contributed by atoms with E-state index in [0.717, 1.165) is 31.6 Å². The van der Waals surface area contributed by atoms with Crippen LogP contribution in [0.25, 0.3) is 16.9 Å². The van der Waals surface area contributed by atoms with Gasteiger partial charge in [0.1, 0.15) is 12.1 Å². The van der Waals surface area contributed by atoms with Crippen molar-refractivity contribution in [2.45, 2.75) is 41.9 Å². The second-order valence-electron chi connectivity index (χ2n) is 10.2. The first-order chi connectivity index (χ1) is 22.4. The molecule has 24 heteroatoms. The number of hydrogen-bond donors (Lipinski definition) is 0. The molecule has 0 radical (unpaired) electrons. The molecule has 0 atom stereocenters. The lowest BCUT2D eigenvalue weighted by atomic mass is 10.0. The van der Waals surface area contributed by atoms with E-state index in [0.29, 0.717) is 16.6 Å². The van der Waals surface area contributed by atoms with Crippen LogP contribution in [0.2, 0.25) is 5.02 Å². The zero-order valence-electron chi connectivity index (χ0n) is 24.2. The standard InChI is InChI=1S/C25H17ClF10N6O6S/c1-40-19(17(22(27,28)29)18(39-40)48-49(45,46)23(30,24(31,32)33)25(34,35)36)41-9-13(8-38-41)12-3-4-15(26)14(7-12)20(44)42(16(43)10-47-2)21(11-37)5-6-21/h3-4,7-9H,5-6,10H2,1-2H3. The fourth-order valence-electron chi connectivity index (χ4n) is 4.48. The fraction of sp³-hybridized carbons (Fsp3) is 0.400. The van der Waals surface area contributed by atoms with E-state index in [1.165, 1.54) is 6.07 Å². The van der Waals surface area contributed by atoms with Crippen LogP contribution in [0.1, 0.15) is 28.8 Å². The van der Waals surface area contributed by atoms with E-state index in [-0.39, 0.29) is 39.2 Å². The fourth-order valence-corrected chi connectivity index (χ4v) is 5.69. The van der Waals surface area contributed by atoms with Gasteiger partial charge >= 0.3 is 33.6 Å². The minimum atomic E-state index is -7.66. The molecular weight excluding hydrogens is 738 g/mol. The van der Waals surface area contributed by atoms with Gasteiger partial charge < -0.3 is 8.92 Å². The summed E-state index contributed by atoms with van der Waals surface area (Å²) in [5.74, 6) is -5.63. The maximum Gasteiger partial charge on any atom is 0.450 e. The molecule has 1 saturated carbocycles. The van der Waals surface area contributed by atoms with Crippen LogP contribution in [0.4, 0.5) is 43.9 Å². The molecule has 1 aliphatic carbocycles. The SMILES string of the molecule is COCC(=O)N(C(=O)c1cc(-c2cnn(-c3c(C(F)(F)F)c(OS(=O)(=O)C(F)(C(F)(F)F)C(F)(F)F)nn3C)c2)ccc1Cl)C1(C#N)CC1. The van der Waals surface area contributed by atoms with Crippen LogP contribution in [0, 0.1) is 11.3 Å². The van der Waals surface area contributed by atoms with Crippen LogP contribution in [0.15, 0.2) is 30.6 Å². The van der Waals surface area contributed by atoms with Crippen molar-refractivity contribution in [3.05, 3.63) is 46.7 Å². The Kier molecular flexibility index (Phi) is 9.28. The number of carbonyl (C=O) groups is 2. The van der Waals surface area contributed by atoms with Crippen molar-refractivity contribution in [2.75, 3.05) is 13.7 Å². The van der Waals surface area contributed by atoms with Crippen molar-refractivity contribution in [1.82, 2.24) is 24.5 Å². The number of nitrogens with zero attached hydrogens (tertiary/aromatic N) is 6. The highest BCUT2D eigenvalue weighted by atomic mass is 35.5. The number of alkyl halides is 10. The zero-order chi connectivity index (χ0) is 37.1. The Morgan fingerprint density at radius 2 is 1.65 bits per heavy atom. The second kappa shape index (κ2) is 12.2. The molecule has 2 heterocycles. The lowest BCUT2D eigenvalue weighted by Gasteiger charge is -2.28. The van der Waals surface area contributed by atoms with Crippen LogP contribution < -0.4 is 4.18 Å². The van der Waals surface area contributed by atoms with Crippen molar-refractivity contribution in [1.29, 1.82) is 5.26 Å². The zero-order valence-corrected chi connectivity index (χ0v) is 25.8. The van der Waals surface area contributed by atoms with Gasteiger partial charge in [-0.15, -0.1) is 5.10 Å². The van der Waals surface area contributed by atoms with Gasteiger partial charge in [-0.3, -0.25) is 14.5 Å². The first kappa shape index (κ1) is 37.4. The van der Waals surface area contributed by atoms with Gasteiger partial charge in [0.25, 0.3) is 17.7 Å². The summed E-state index contributed by atoms with van der Waals surface area (Å²) in [7, 11) is -5.85. The Labute approximate surface area is 272 Å². The topological polar surface area (TPSA) is 149 Å². The molecule has 0 bridgehead atoms. The molecule has 4 rings (SSSR count). The molecule has 266 valence electrons. The van der Waals surface area contributed by atoms with Crippen LogP contribution in [-0.2, 0) is 32.9 Å². The second-order valence-corrected chi connectivity index (χ2v) is 12.3. The Balaban J connectivity index is 1.79. The van der Waals surface area contributed by atoms with Crippen molar-refractivity contribution in [2.24, 2.45) is 7.05 Å². The van der Waals surface area contributed by atoms with E-state index in [2.05, 4.69) is 14.4 Å². The van der Waals surface area contributed by atoms with Gasteiger partial charge in [-0.2, -0.15) is 58.3 Å². The number of halogens is 11. The maximum absolute atomic E-state index is 14.3. The van der Waals surface area contributed by atoms with Gasteiger partial charge in [-0.05, 0) is 30.5 Å². The highest BCUT2D eigenvalue weighted by Gasteiger charge is 2.82. The summed E-state index contributed by atoms with van der Waals surface area (Å²) in [5, 5.41) is 8.81. The van der Waals surface area contributed by atoms with E-state index in [9.17, 15) is 67.2 Å². The molecule has 0 saturated heterocycles. The summed E-state index contributed by atoms with van der Waals surface area (Å²) < 4.78 is 168. The molecule has 0 N–H and O–H groups in total. The number of nitriles is 1. The number of hydrogen-bond acceptors (Lipinski definition) is 9. The number of ether oxygens (including phenoxy) is 1. The van der Waals surface area contributed by atoms with Crippen molar-refractivity contribution < 1.29 is 70.8 Å². The van der Waals surface area contributed by atoms with E-state index < -0.39 is 74.9 Å². The van der Waals surface area contributed by atoms with Gasteiger partial charge in [0.05, 0.1) is 22.9 Å². The third-order valence-electron chi connectivity index (χ3n) is 6.94. The number of methoxy groups -OCH3 is 1. The summed E-state index contributed by atoms with van der Waals surface area (Å²) >= 11 is 6.19. The molecule has 0 spiro atoms. The number of amides is 2. The predicted octanol–water partition coefficient (Wildman–Crippen LogP) is 5.12. The minimum Gasteiger partial charge on any atom is -0.375 e. The van der Waals surface area contributed by atoms with Gasteiger partial charge in [0, 0.05) is 25.9 Å². The Hall–Kier alpha value is -4.43. The van der Waals surface area contributed by atoms with Crippen LogP contribution >= 0.6 is 11.6 Å². The monoisotopic (exact) mass is 754 g/mol. The van der Waals surface area contributed by atoms with Crippen LogP contribution in [0.5, 0.6) is 5.88 Å². The molecular formula is C25H17ClF10N6O6S. The highest BCUT2D eigenvalue weighted by molar-refractivity contribution is 7.88. The molecule has 49 heavy (non-hydrogen) atoms. The lowest BCUT2D eigenvalue weighted by Crippen LogP contribution is -2.60. The quantitative estimate of drug-likeness (QED) is 0.215. The normalized spacial score (nSPS) is 15.1. The lowest BCUT2D eigenvalue weighted by molar-refractivity contribution is -0.307. The average molecular weight is 755 g/mol. The third-order valence-corrected chi connectivity index (χ3v) is 8.80.